The van der Waals surface area contributed by atoms with E-state index in [0.29, 0.717) is 32.0 Å². The van der Waals surface area contributed by atoms with Crippen LogP contribution in [0.15, 0.2) is 61.1 Å². The molecule has 0 amide bonds. The number of fused-ring (bicyclic) bond motifs is 1. The summed E-state index contributed by atoms with van der Waals surface area (Å²) in [5, 5.41) is 4.09. The minimum Gasteiger partial charge on any atom is -0.369 e. The molecule has 0 unspecified atom stereocenters. The van der Waals surface area contributed by atoms with Crippen LogP contribution in [0, 0.1) is 0 Å². The van der Waals surface area contributed by atoms with Gasteiger partial charge in [0.2, 0.25) is 10.0 Å². The molecule has 5 rings (SSSR count). The van der Waals surface area contributed by atoms with Crippen molar-refractivity contribution in [2.45, 2.75) is 0 Å². The fraction of sp³-hybridized carbons (Fsp3) is 0.227. The maximum atomic E-state index is 11.7. The minimum absolute atomic E-state index is 0.488. The Bertz CT molecular complexity index is 1350. The first-order chi connectivity index (χ1) is 15.5. The molecule has 0 aliphatic carbocycles. The van der Waals surface area contributed by atoms with Gasteiger partial charge in [-0.1, -0.05) is 17.4 Å². The summed E-state index contributed by atoms with van der Waals surface area (Å²) in [7, 11) is -3.14. The van der Waals surface area contributed by atoms with Crippen molar-refractivity contribution >= 4 is 48.2 Å². The molecule has 10 heteroatoms. The Morgan fingerprint density at radius 2 is 1.72 bits per heavy atom. The quantitative estimate of drug-likeness (QED) is 0.481. The SMILES string of the molecule is CS(=O)(=O)N1CCN(c2ccnc(Nc3nc4ccc(-c5ccncc5)cc4s3)c2)CC1. The van der Waals surface area contributed by atoms with Gasteiger partial charge in [-0.3, -0.25) is 4.98 Å². The van der Waals surface area contributed by atoms with Crippen LogP contribution in [0.5, 0.6) is 0 Å². The van der Waals surface area contributed by atoms with Crippen LogP contribution in [0.1, 0.15) is 0 Å². The van der Waals surface area contributed by atoms with Gasteiger partial charge in [0.05, 0.1) is 16.5 Å². The summed E-state index contributed by atoms with van der Waals surface area (Å²) < 4.78 is 26.1. The third-order valence-electron chi connectivity index (χ3n) is 5.45. The van der Waals surface area contributed by atoms with E-state index in [1.807, 2.05) is 30.3 Å². The van der Waals surface area contributed by atoms with Crippen molar-refractivity contribution in [3.8, 4) is 11.1 Å². The van der Waals surface area contributed by atoms with Crippen molar-refractivity contribution in [3.63, 3.8) is 0 Å². The first-order valence-corrected chi connectivity index (χ1v) is 12.9. The number of hydrogen-bond acceptors (Lipinski definition) is 8. The number of sulfonamides is 1. The van der Waals surface area contributed by atoms with Crippen LogP contribution in [-0.4, -0.2) is 60.1 Å². The largest absolute Gasteiger partial charge is 0.369 e. The molecule has 0 radical (unpaired) electrons. The summed E-state index contributed by atoms with van der Waals surface area (Å²) in [6.45, 7) is 2.27. The lowest BCUT2D eigenvalue weighted by molar-refractivity contribution is 0.388. The molecular formula is C22H22N6O2S2. The van der Waals surface area contributed by atoms with E-state index in [4.69, 9.17) is 4.98 Å². The van der Waals surface area contributed by atoms with Crippen molar-refractivity contribution in [1.82, 2.24) is 19.3 Å². The normalized spacial score (nSPS) is 15.2. The van der Waals surface area contributed by atoms with Crippen LogP contribution in [0.3, 0.4) is 0 Å². The second-order valence-electron chi connectivity index (χ2n) is 7.61. The van der Waals surface area contributed by atoms with E-state index in [1.54, 1.807) is 29.9 Å². The van der Waals surface area contributed by atoms with Gasteiger partial charge in [-0.25, -0.2) is 18.4 Å². The van der Waals surface area contributed by atoms with Crippen molar-refractivity contribution in [2.75, 3.05) is 42.7 Å². The molecule has 32 heavy (non-hydrogen) atoms. The Hall–Kier alpha value is -3.08. The molecule has 3 aromatic heterocycles. The third kappa shape index (κ3) is 4.43. The van der Waals surface area contributed by atoms with Gasteiger partial charge in [0.15, 0.2) is 5.13 Å². The summed E-state index contributed by atoms with van der Waals surface area (Å²) in [5.41, 5.74) is 4.19. The molecular weight excluding hydrogens is 444 g/mol. The van der Waals surface area contributed by atoms with E-state index in [9.17, 15) is 8.42 Å². The zero-order chi connectivity index (χ0) is 22.1. The van der Waals surface area contributed by atoms with Crippen LogP contribution in [0.4, 0.5) is 16.6 Å². The molecule has 1 N–H and O–H groups in total. The van der Waals surface area contributed by atoms with Crippen molar-refractivity contribution in [3.05, 3.63) is 61.1 Å². The number of rotatable bonds is 5. The number of pyridine rings is 2. The summed E-state index contributed by atoms with van der Waals surface area (Å²) in [4.78, 5) is 15.4. The fourth-order valence-corrected chi connectivity index (χ4v) is 5.51. The van der Waals surface area contributed by atoms with Gasteiger partial charge in [-0.2, -0.15) is 4.31 Å². The van der Waals surface area contributed by atoms with E-state index in [2.05, 4.69) is 32.3 Å². The summed E-state index contributed by atoms with van der Waals surface area (Å²) in [5.74, 6) is 0.710. The molecule has 4 aromatic rings. The molecule has 4 heterocycles. The Balaban J connectivity index is 1.32. The number of anilines is 3. The van der Waals surface area contributed by atoms with Gasteiger partial charge < -0.3 is 10.2 Å². The van der Waals surface area contributed by atoms with Crippen molar-refractivity contribution in [1.29, 1.82) is 0 Å². The highest BCUT2D eigenvalue weighted by molar-refractivity contribution is 7.88. The first kappa shape index (κ1) is 20.8. The number of nitrogens with zero attached hydrogens (tertiary/aromatic N) is 5. The molecule has 164 valence electrons. The molecule has 1 saturated heterocycles. The van der Waals surface area contributed by atoms with Gasteiger partial charge in [0.25, 0.3) is 0 Å². The van der Waals surface area contributed by atoms with Gasteiger partial charge in [0.1, 0.15) is 5.82 Å². The molecule has 1 fully saturated rings. The second-order valence-corrected chi connectivity index (χ2v) is 10.6. The maximum Gasteiger partial charge on any atom is 0.211 e. The van der Waals surface area contributed by atoms with E-state index < -0.39 is 10.0 Å². The molecule has 1 aliphatic heterocycles. The van der Waals surface area contributed by atoms with Crippen LogP contribution < -0.4 is 10.2 Å². The molecule has 0 saturated carbocycles. The average molecular weight is 467 g/mol. The third-order valence-corrected chi connectivity index (χ3v) is 7.69. The van der Waals surface area contributed by atoms with Gasteiger partial charge in [-0.05, 0) is 41.5 Å². The summed E-state index contributed by atoms with van der Waals surface area (Å²) in [6, 6.07) is 14.1. The number of benzene rings is 1. The van der Waals surface area contributed by atoms with Crippen LogP contribution in [0.25, 0.3) is 21.3 Å². The lowest BCUT2D eigenvalue weighted by Crippen LogP contribution is -2.48. The number of aromatic nitrogens is 3. The van der Waals surface area contributed by atoms with Crippen molar-refractivity contribution in [2.24, 2.45) is 0 Å². The first-order valence-electron chi connectivity index (χ1n) is 10.2. The van der Waals surface area contributed by atoms with Gasteiger partial charge >= 0.3 is 0 Å². The molecule has 0 spiro atoms. The molecule has 8 nitrogen and oxygen atoms in total. The van der Waals surface area contributed by atoms with Crippen LogP contribution >= 0.6 is 11.3 Å². The Morgan fingerprint density at radius 3 is 2.47 bits per heavy atom. The van der Waals surface area contributed by atoms with E-state index >= 15 is 0 Å². The standard InChI is InChI=1S/C22H22N6O2S2/c1-32(29,30)28-12-10-27(11-13-28)18-6-9-24-21(15-18)26-22-25-19-3-2-17(14-20(19)31-22)16-4-7-23-8-5-16/h2-9,14-15H,10-13H2,1H3,(H,24,25,26). The number of piperazine rings is 1. The number of nitrogens with one attached hydrogen (secondary N) is 1. The maximum absolute atomic E-state index is 11.7. The average Bonchev–Trinajstić information content (AvgIpc) is 3.21. The second kappa shape index (κ2) is 8.45. The van der Waals surface area contributed by atoms with Crippen LogP contribution in [-0.2, 0) is 10.0 Å². The smallest absolute Gasteiger partial charge is 0.211 e. The predicted octanol–water partition coefficient (Wildman–Crippen LogP) is 3.58. The summed E-state index contributed by atoms with van der Waals surface area (Å²) >= 11 is 1.58. The molecule has 0 bridgehead atoms. The monoisotopic (exact) mass is 466 g/mol. The fourth-order valence-electron chi connectivity index (χ4n) is 3.77. The van der Waals surface area contributed by atoms with Gasteiger partial charge in [-0.15, -0.1) is 0 Å². The molecule has 0 atom stereocenters. The minimum atomic E-state index is -3.14. The zero-order valence-electron chi connectivity index (χ0n) is 17.5. The Kier molecular flexibility index (Phi) is 5.50. The van der Waals surface area contributed by atoms with Crippen LogP contribution in [0.2, 0.25) is 0 Å². The zero-order valence-corrected chi connectivity index (χ0v) is 19.1. The predicted molar refractivity (Wildman–Crippen MR) is 129 cm³/mol. The number of thiazole rings is 1. The van der Waals surface area contributed by atoms with Crippen molar-refractivity contribution < 1.29 is 8.42 Å². The Labute approximate surface area is 190 Å². The van der Waals surface area contributed by atoms with Gasteiger partial charge in [0, 0.05) is 56.5 Å². The molecule has 1 aliphatic rings. The highest BCUT2D eigenvalue weighted by Gasteiger charge is 2.23. The lowest BCUT2D eigenvalue weighted by Gasteiger charge is -2.34. The highest BCUT2D eigenvalue weighted by Crippen LogP contribution is 2.32. The Morgan fingerprint density at radius 1 is 0.938 bits per heavy atom. The highest BCUT2D eigenvalue weighted by atomic mass is 32.2. The topological polar surface area (TPSA) is 91.3 Å². The summed E-state index contributed by atoms with van der Waals surface area (Å²) in [6.07, 6.45) is 6.60. The number of hydrogen-bond donors (Lipinski definition) is 1. The van der Waals surface area contributed by atoms with E-state index in [-0.39, 0.29) is 0 Å². The van der Waals surface area contributed by atoms with E-state index in [0.717, 1.165) is 32.2 Å². The molecule has 1 aromatic carbocycles. The lowest BCUT2D eigenvalue weighted by atomic mass is 10.1. The van der Waals surface area contributed by atoms with E-state index in [1.165, 1.54) is 10.6 Å².